The molecule has 0 heterocycles. The van der Waals surface area contributed by atoms with Gasteiger partial charge in [0.15, 0.2) is 0 Å². The minimum atomic E-state index is -4.41. The highest BCUT2D eigenvalue weighted by Gasteiger charge is 2.29. The predicted octanol–water partition coefficient (Wildman–Crippen LogP) is 3.84. The largest absolute Gasteiger partial charge is 0.508 e. The van der Waals surface area contributed by atoms with Crippen LogP contribution in [-0.2, 0) is 6.54 Å². The van der Waals surface area contributed by atoms with Crippen molar-refractivity contribution in [2.75, 3.05) is 0 Å². The third-order valence-electron chi connectivity index (χ3n) is 3.06. The van der Waals surface area contributed by atoms with Crippen molar-refractivity contribution in [3.63, 3.8) is 0 Å². The molecule has 0 aromatic heterocycles. The van der Waals surface area contributed by atoms with E-state index in [2.05, 4.69) is 5.32 Å². The highest BCUT2D eigenvalue weighted by molar-refractivity contribution is 8.00. The van der Waals surface area contributed by atoms with Crippen LogP contribution in [0, 0.1) is 10.1 Å². The van der Waals surface area contributed by atoms with Gasteiger partial charge in [-0.15, -0.1) is 0 Å². The number of carbonyl (C=O) groups is 1. The highest BCUT2D eigenvalue weighted by Crippen LogP contribution is 2.36. The van der Waals surface area contributed by atoms with Crippen molar-refractivity contribution >= 4 is 23.4 Å². The number of nitrogens with zero attached hydrogens (tertiary/aromatic N) is 1. The van der Waals surface area contributed by atoms with Gasteiger partial charge in [-0.2, -0.15) is 13.2 Å². The van der Waals surface area contributed by atoms with E-state index in [1.165, 1.54) is 12.1 Å². The molecule has 2 rings (SSSR count). The van der Waals surface area contributed by atoms with Gasteiger partial charge in [-0.1, -0.05) is 0 Å². The minimum absolute atomic E-state index is 0.0552. The third-order valence-corrected chi connectivity index (χ3v) is 3.80. The molecule has 0 aliphatic heterocycles. The van der Waals surface area contributed by atoms with Crippen molar-refractivity contribution in [3.05, 3.63) is 63.7 Å². The van der Waals surface area contributed by atoms with Crippen LogP contribution in [0.2, 0.25) is 0 Å². The van der Waals surface area contributed by atoms with Crippen LogP contribution in [0.4, 0.5) is 18.9 Å². The van der Waals surface area contributed by atoms with Gasteiger partial charge in [0.1, 0.15) is 5.75 Å². The lowest BCUT2D eigenvalue weighted by Gasteiger charge is -2.08. The fraction of sp³-hybridized carbons (Fsp3) is 0.133. The molecular formula is C15H11F3N2O4S. The summed E-state index contributed by atoms with van der Waals surface area (Å²) in [5.41, 5.74) is -4.39. The maximum atomic E-state index is 12.2. The summed E-state index contributed by atoms with van der Waals surface area (Å²) < 4.78 is 36.7. The summed E-state index contributed by atoms with van der Waals surface area (Å²) in [5, 5.41) is 22.8. The molecule has 1 amide bonds. The number of rotatable bonds is 5. The van der Waals surface area contributed by atoms with E-state index in [0.29, 0.717) is 0 Å². The molecule has 132 valence electrons. The number of nitrogens with one attached hydrogen (secondary N) is 1. The Bertz CT molecular complexity index is 794. The molecule has 0 radical (unpaired) electrons. The number of aromatic hydroxyl groups is 1. The summed E-state index contributed by atoms with van der Waals surface area (Å²) in [6.45, 7) is -0.175. The van der Waals surface area contributed by atoms with Crippen molar-refractivity contribution in [2.24, 2.45) is 0 Å². The van der Waals surface area contributed by atoms with Gasteiger partial charge in [-0.05, 0) is 42.1 Å². The van der Waals surface area contributed by atoms with E-state index in [-0.39, 0.29) is 45.8 Å². The summed E-state index contributed by atoms with van der Waals surface area (Å²) in [7, 11) is 0. The zero-order chi connectivity index (χ0) is 18.6. The van der Waals surface area contributed by atoms with E-state index in [0.717, 1.165) is 30.3 Å². The lowest BCUT2D eigenvalue weighted by Crippen LogP contribution is -2.22. The average molecular weight is 372 g/mol. The molecule has 0 aliphatic carbocycles. The normalized spacial score (nSPS) is 11.2. The van der Waals surface area contributed by atoms with Crippen LogP contribution in [0.5, 0.6) is 5.75 Å². The number of hydrogen-bond donors (Lipinski definition) is 2. The van der Waals surface area contributed by atoms with Crippen molar-refractivity contribution in [3.8, 4) is 5.75 Å². The van der Waals surface area contributed by atoms with E-state index in [9.17, 15) is 33.2 Å². The first-order valence-corrected chi connectivity index (χ1v) is 7.57. The monoisotopic (exact) mass is 372 g/mol. The molecule has 0 atom stereocenters. The lowest BCUT2D eigenvalue weighted by atomic mass is 10.1. The van der Waals surface area contributed by atoms with E-state index in [4.69, 9.17) is 0 Å². The molecule has 2 aromatic carbocycles. The van der Waals surface area contributed by atoms with Crippen LogP contribution < -0.4 is 5.32 Å². The average Bonchev–Trinajstić information content (AvgIpc) is 2.52. The fourth-order valence-corrected chi connectivity index (χ4v) is 2.45. The first-order valence-electron chi connectivity index (χ1n) is 6.76. The minimum Gasteiger partial charge on any atom is -0.508 e. The van der Waals surface area contributed by atoms with Gasteiger partial charge in [-0.25, -0.2) is 0 Å². The van der Waals surface area contributed by atoms with Crippen molar-refractivity contribution in [1.29, 1.82) is 0 Å². The van der Waals surface area contributed by atoms with Gasteiger partial charge in [0.25, 0.3) is 11.6 Å². The number of phenolic OH excluding ortho intramolecular Hbond substituents is 1. The summed E-state index contributed by atoms with van der Waals surface area (Å²) in [6, 6.07) is 8.18. The molecule has 0 saturated heterocycles. The van der Waals surface area contributed by atoms with Gasteiger partial charge in [0.2, 0.25) is 0 Å². The van der Waals surface area contributed by atoms with Crippen LogP contribution in [-0.4, -0.2) is 21.4 Å². The molecule has 0 bridgehead atoms. The van der Waals surface area contributed by atoms with Crippen LogP contribution in [0.25, 0.3) is 0 Å². The fourth-order valence-electron chi connectivity index (χ4n) is 1.91. The second kappa shape index (κ2) is 7.43. The van der Waals surface area contributed by atoms with E-state index in [1.807, 2.05) is 0 Å². The summed E-state index contributed by atoms with van der Waals surface area (Å²) in [5.74, 6) is -0.808. The third kappa shape index (κ3) is 5.38. The highest BCUT2D eigenvalue weighted by atomic mass is 32.2. The summed E-state index contributed by atoms with van der Waals surface area (Å²) in [6.07, 6.45) is 0. The zero-order valence-corrected chi connectivity index (χ0v) is 13.2. The summed E-state index contributed by atoms with van der Waals surface area (Å²) in [4.78, 5) is 22.0. The maximum absolute atomic E-state index is 12.2. The molecule has 0 unspecified atom stereocenters. The van der Waals surface area contributed by atoms with Gasteiger partial charge in [-0.3, -0.25) is 14.9 Å². The lowest BCUT2D eigenvalue weighted by molar-refractivity contribution is -0.384. The zero-order valence-electron chi connectivity index (χ0n) is 12.4. The Balaban J connectivity index is 2.03. The van der Waals surface area contributed by atoms with Crippen LogP contribution in [0.1, 0.15) is 15.9 Å². The molecule has 25 heavy (non-hydrogen) atoms. The number of amides is 1. The van der Waals surface area contributed by atoms with E-state index >= 15 is 0 Å². The van der Waals surface area contributed by atoms with Crippen LogP contribution >= 0.6 is 11.8 Å². The van der Waals surface area contributed by atoms with Gasteiger partial charge < -0.3 is 10.4 Å². The van der Waals surface area contributed by atoms with E-state index < -0.39 is 16.3 Å². The second-order valence-electron chi connectivity index (χ2n) is 4.82. The number of carbonyl (C=O) groups excluding carboxylic acids is 1. The van der Waals surface area contributed by atoms with Crippen LogP contribution in [0.15, 0.2) is 47.4 Å². The number of benzene rings is 2. The Morgan fingerprint density at radius 3 is 2.40 bits per heavy atom. The molecule has 0 saturated carbocycles. The summed E-state index contributed by atoms with van der Waals surface area (Å²) >= 11 is -0.291. The Kier molecular flexibility index (Phi) is 5.52. The smallest absolute Gasteiger partial charge is 0.446 e. The number of phenols is 1. The number of hydrogen-bond acceptors (Lipinski definition) is 5. The molecule has 2 N–H and O–H groups in total. The Morgan fingerprint density at radius 2 is 1.84 bits per heavy atom. The second-order valence-corrected chi connectivity index (χ2v) is 5.96. The predicted molar refractivity (Wildman–Crippen MR) is 84.3 cm³/mol. The Hall–Kier alpha value is -2.75. The van der Waals surface area contributed by atoms with Gasteiger partial charge in [0, 0.05) is 34.7 Å². The molecule has 0 spiro atoms. The topological polar surface area (TPSA) is 92.5 Å². The standard InChI is InChI=1S/C15H11F3N2O4S/c16-15(17,18)25-12-4-1-9(2-5-12)14(22)19-8-10-7-11(20(23)24)3-6-13(10)21/h1-7,21H,8H2,(H,19,22). The number of non-ortho nitro benzene ring substituents is 1. The van der Waals surface area contributed by atoms with E-state index in [1.54, 1.807) is 0 Å². The molecule has 6 nitrogen and oxygen atoms in total. The molecule has 0 fully saturated rings. The number of nitro groups is 1. The van der Waals surface area contributed by atoms with Gasteiger partial charge in [0.05, 0.1) is 4.92 Å². The first-order chi connectivity index (χ1) is 11.7. The first kappa shape index (κ1) is 18.6. The Morgan fingerprint density at radius 1 is 1.20 bits per heavy atom. The Labute approximate surface area is 143 Å². The maximum Gasteiger partial charge on any atom is 0.446 e. The molecular weight excluding hydrogens is 361 g/mol. The van der Waals surface area contributed by atoms with Crippen molar-refractivity contribution < 1.29 is 28.0 Å². The number of nitro benzene ring substituents is 1. The van der Waals surface area contributed by atoms with Crippen LogP contribution in [0.3, 0.4) is 0 Å². The SMILES string of the molecule is O=C(NCc1cc([N+](=O)[O-])ccc1O)c1ccc(SC(F)(F)F)cc1. The van der Waals surface area contributed by atoms with Gasteiger partial charge >= 0.3 is 5.51 Å². The molecule has 0 aliphatic rings. The number of halogens is 3. The molecule has 2 aromatic rings. The van der Waals surface area contributed by atoms with Crippen molar-refractivity contribution in [1.82, 2.24) is 5.32 Å². The number of alkyl halides is 3. The number of thioether (sulfide) groups is 1. The molecule has 10 heteroatoms. The quantitative estimate of drug-likeness (QED) is 0.473. The van der Waals surface area contributed by atoms with Crippen molar-refractivity contribution in [2.45, 2.75) is 16.9 Å².